The first-order valence-electron chi connectivity index (χ1n) is 3.40. The van der Waals surface area contributed by atoms with Crippen LogP contribution in [0.15, 0.2) is 0 Å². The van der Waals surface area contributed by atoms with Crippen molar-refractivity contribution >= 4 is 18.0 Å². The van der Waals surface area contributed by atoms with Crippen LogP contribution in [0.4, 0.5) is 0 Å². The van der Waals surface area contributed by atoms with Crippen LogP contribution in [0.25, 0.3) is 0 Å². The molecule has 0 saturated heterocycles. The Morgan fingerprint density at radius 3 is 2.27 bits per heavy atom. The maximum absolute atomic E-state index is 10.7. The Kier molecular flexibility index (Phi) is 4.98. The number of hydrogen-bond donors (Lipinski definition) is 1. The van der Waals surface area contributed by atoms with Crippen LogP contribution < -0.4 is 5.73 Å². The van der Waals surface area contributed by atoms with E-state index in [0.717, 1.165) is 0 Å². The first-order chi connectivity index (χ1) is 5.16. The number of ketones is 1. The second-order valence-electron chi connectivity index (χ2n) is 2.21. The minimum Gasteiger partial charge on any atom is -0.370 e. The summed E-state index contributed by atoms with van der Waals surface area (Å²) in [6, 6.07) is 0. The fourth-order valence-corrected chi connectivity index (χ4v) is 0.608. The quantitative estimate of drug-likeness (QED) is 0.542. The lowest BCUT2D eigenvalue weighted by Crippen LogP contribution is -2.12. The third kappa shape index (κ3) is 6.70. The Hall–Kier alpha value is -1.19. The van der Waals surface area contributed by atoms with Crippen molar-refractivity contribution in [1.82, 2.24) is 0 Å². The Morgan fingerprint density at radius 2 is 1.82 bits per heavy atom. The molecule has 0 aromatic carbocycles. The summed E-state index contributed by atoms with van der Waals surface area (Å²) in [6.07, 6.45) is 1.37. The predicted octanol–water partition coefficient (Wildman–Crippen LogP) is -0.200. The van der Waals surface area contributed by atoms with E-state index in [1.165, 1.54) is 0 Å². The number of carbonyl (C=O) groups excluding carboxylic acids is 3. The van der Waals surface area contributed by atoms with Gasteiger partial charge in [-0.3, -0.25) is 9.59 Å². The summed E-state index contributed by atoms with van der Waals surface area (Å²) in [5.41, 5.74) is 4.81. The predicted molar refractivity (Wildman–Crippen MR) is 38.7 cm³/mol. The zero-order valence-electron chi connectivity index (χ0n) is 6.21. The minimum atomic E-state index is -0.482. The van der Waals surface area contributed by atoms with Crippen LogP contribution in [-0.4, -0.2) is 18.0 Å². The largest absolute Gasteiger partial charge is 0.370 e. The fourth-order valence-electron chi connectivity index (χ4n) is 0.608. The first kappa shape index (κ1) is 9.81. The summed E-state index contributed by atoms with van der Waals surface area (Å²) in [5.74, 6) is -0.569. The highest BCUT2D eigenvalue weighted by Gasteiger charge is 2.02. The fraction of sp³-hybridized carbons (Fsp3) is 0.571. The van der Waals surface area contributed by atoms with Gasteiger partial charge in [0.15, 0.2) is 0 Å². The van der Waals surface area contributed by atoms with E-state index in [1.54, 1.807) is 0 Å². The average Bonchev–Trinajstić information content (AvgIpc) is 1.97. The number of carbonyl (C=O) groups is 3. The maximum Gasteiger partial charge on any atom is 0.217 e. The van der Waals surface area contributed by atoms with Gasteiger partial charge in [0.05, 0.1) is 0 Å². The molecule has 0 fully saturated rings. The smallest absolute Gasteiger partial charge is 0.217 e. The lowest BCUT2D eigenvalue weighted by molar-refractivity contribution is -0.124. The van der Waals surface area contributed by atoms with Crippen LogP contribution >= 0.6 is 0 Å². The molecule has 0 atom stereocenters. The molecule has 0 saturated carbocycles. The molecule has 0 aliphatic heterocycles. The van der Waals surface area contributed by atoms with E-state index in [0.29, 0.717) is 6.29 Å². The van der Waals surface area contributed by atoms with Crippen LogP contribution in [0.5, 0.6) is 0 Å². The van der Waals surface area contributed by atoms with Gasteiger partial charge >= 0.3 is 0 Å². The van der Waals surface area contributed by atoms with E-state index in [1.807, 2.05) is 0 Å². The molecular weight excluding hydrogens is 146 g/mol. The molecule has 0 aliphatic carbocycles. The van der Waals surface area contributed by atoms with E-state index >= 15 is 0 Å². The van der Waals surface area contributed by atoms with Crippen molar-refractivity contribution in [3.63, 3.8) is 0 Å². The molecule has 0 rings (SSSR count). The lowest BCUT2D eigenvalue weighted by atomic mass is 10.1. The van der Waals surface area contributed by atoms with Crippen LogP contribution in [0, 0.1) is 0 Å². The Morgan fingerprint density at radius 1 is 1.18 bits per heavy atom. The third-order valence-corrected chi connectivity index (χ3v) is 1.19. The van der Waals surface area contributed by atoms with Gasteiger partial charge in [0.1, 0.15) is 12.1 Å². The zero-order valence-corrected chi connectivity index (χ0v) is 6.21. The highest BCUT2D eigenvalue weighted by Crippen LogP contribution is 1.96. The molecule has 0 aromatic rings. The molecule has 0 aliphatic rings. The number of rotatable bonds is 6. The van der Waals surface area contributed by atoms with Crippen LogP contribution in [0.1, 0.15) is 25.7 Å². The van der Waals surface area contributed by atoms with Crippen molar-refractivity contribution < 1.29 is 14.4 Å². The summed E-state index contributed by atoms with van der Waals surface area (Å²) in [7, 11) is 0. The summed E-state index contributed by atoms with van der Waals surface area (Å²) >= 11 is 0. The van der Waals surface area contributed by atoms with Gasteiger partial charge in [-0.15, -0.1) is 0 Å². The molecule has 1 amide bonds. The van der Waals surface area contributed by atoms with Crippen LogP contribution in [0.2, 0.25) is 0 Å². The van der Waals surface area contributed by atoms with E-state index < -0.39 is 5.91 Å². The normalized spacial score (nSPS) is 9.09. The molecular formula is C7H11NO3. The molecule has 11 heavy (non-hydrogen) atoms. The second-order valence-corrected chi connectivity index (χ2v) is 2.21. The molecule has 4 heteroatoms. The molecule has 4 nitrogen and oxygen atoms in total. The van der Waals surface area contributed by atoms with Gasteiger partial charge in [0.2, 0.25) is 5.91 Å². The third-order valence-electron chi connectivity index (χ3n) is 1.19. The van der Waals surface area contributed by atoms with Crippen molar-refractivity contribution in [2.24, 2.45) is 5.73 Å². The van der Waals surface area contributed by atoms with Crippen molar-refractivity contribution in [2.45, 2.75) is 25.7 Å². The standard InChI is InChI=1S/C7H11NO3/c8-7(11)4-3-6(10)2-1-5-9/h5H,1-4H2,(H2,8,11). The Bertz CT molecular complexity index is 165. The number of nitrogens with two attached hydrogens (primary N) is 1. The molecule has 0 bridgehead atoms. The van der Waals surface area contributed by atoms with Crippen molar-refractivity contribution in [3.05, 3.63) is 0 Å². The Balaban J connectivity index is 3.37. The number of hydrogen-bond acceptors (Lipinski definition) is 3. The average molecular weight is 157 g/mol. The van der Waals surface area contributed by atoms with E-state index in [4.69, 9.17) is 5.73 Å². The summed E-state index contributed by atoms with van der Waals surface area (Å²) in [6.45, 7) is 0. The highest BCUT2D eigenvalue weighted by molar-refractivity contribution is 5.85. The van der Waals surface area contributed by atoms with Crippen LogP contribution in [0.3, 0.4) is 0 Å². The molecule has 0 radical (unpaired) electrons. The van der Waals surface area contributed by atoms with Crippen LogP contribution in [-0.2, 0) is 14.4 Å². The molecule has 2 N–H and O–H groups in total. The second kappa shape index (κ2) is 5.58. The van der Waals surface area contributed by atoms with E-state index in [-0.39, 0.29) is 31.5 Å². The highest BCUT2D eigenvalue weighted by atomic mass is 16.1. The van der Waals surface area contributed by atoms with Crippen molar-refractivity contribution in [2.75, 3.05) is 0 Å². The molecule has 0 aromatic heterocycles. The lowest BCUT2D eigenvalue weighted by Gasteiger charge is -1.93. The van der Waals surface area contributed by atoms with Gasteiger partial charge in [-0.05, 0) is 0 Å². The first-order valence-corrected chi connectivity index (χ1v) is 3.40. The topological polar surface area (TPSA) is 77.2 Å². The van der Waals surface area contributed by atoms with Crippen molar-refractivity contribution in [3.8, 4) is 0 Å². The van der Waals surface area contributed by atoms with Gasteiger partial charge in [-0.1, -0.05) is 0 Å². The molecule has 0 unspecified atom stereocenters. The van der Waals surface area contributed by atoms with Gasteiger partial charge in [-0.2, -0.15) is 0 Å². The SMILES string of the molecule is NC(=O)CCC(=O)CCC=O. The van der Waals surface area contributed by atoms with E-state index in [9.17, 15) is 14.4 Å². The number of amides is 1. The maximum atomic E-state index is 10.7. The summed E-state index contributed by atoms with van der Waals surface area (Å²) < 4.78 is 0. The Labute approximate surface area is 64.8 Å². The number of Topliss-reactive ketones (excluding diaryl/α,β-unsaturated/α-hetero) is 1. The minimum absolute atomic E-state index is 0.0810. The monoisotopic (exact) mass is 157 g/mol. The number of aldehydes is 1. The van der Waals surface area contributed by atoms with Gasteiger partial charge < -0.3 is 10.5 Å². The molecule has 0 spiro atoms. The summed E-state index contributed by atoms with van der Waals surface area (Å²) in [5, 5.41) is 0. The number of primary amides is 1. The molecule has 0 heterocycles. The zero-order chi connectivity index (χ0) is 8.69. The van der Waals surface area contributed by atoms with Gasteiger partial charge in [0, 0.05) is 25.7 Å². The van der Waals surface area contributed by atoms with Gasteiger partial charge in [-0.25, -0.2) is 0 Å². The van der Waals surface area contributed by atoms with Gasteiger partial charge in [0.25, 0.3) is 0 Å². The van der Waals surface area contributed by atoms with Crippen molar-refractivity contribution in [1.29, 1.82) is 0 Å². The van der Waals surface area contributed by atoms with E-state index in [2.05, 4.69) is 0 Å². The molecule has 62 valence electrons. The summed E-state index contributed by atoms with van der Waals surface area (Å²) in [4.78, 5) is 30.7.